The lowest BCUT2D eigenvalue weighted by atomic mass is 10.2. The van der Waals surface area contributed by atoms with E-state index in [0.29, 0.717) is 18.7 Å². The summed E-state index contributed by atoms with van der Waals surface area (Å²) in [5, 5.41) is 2.88. The van der Waals surface area contributed by atoms with Crippen molar-refractivity contribution < 1.29 is 4.79 Å². The second-order valence-corrected chi connectivity index (χ2v) is 8.69. The summed E-state index contributed by atoms with van der Waals surface area (Å²) in [6, 6.07) is 20.0. The summed E-state index contributed by atoms with van der Waals surface area (Å²) in [4.78, 5) is 30.5. The third-order valence-corrected chi connectivity index (χ3v) is 6.40. The molecule has 1 aromatic heterocycles. The van der Waals surface area contributed by atoms with Crippen LogP contribution in [0.1, 0.15) is 24.1 Å². The minimum Gasteiger partial charge on any atom is -0.320 e. The first-order valence-corrected chi connectivity index (χ1v) is 11.7. The highest BCUT2D eigenvalue weighted by atomic mass is 16.2. The van der Waals surface area contributed by atoms with Crippen molar-refractivity contribution in [3.05, 3.63) is 82.3 Å². The van der Waals surface area contributed by atoms with Crippen LogP contribution in [0.4, 0.5) is 5.69 Å². The average molecular weight is 448 g/mol. The molecule has 0 aliphatic carbocycles. The molecule has 3 aromatic rings. The highest BCUT2D eigenvalue weighted by Gasteiger charge is 2.19. The van der Waals surface area contributed by atoms with E-state index in [1.807, 2.05) is 50.4 Å². The Morgan fingerprint density at radius 3 is 2.27 bits per heavy atom. The minimum atomic E-state index is -0.208. The van der Waals surface area contributed by atoms with E-state index in [1.54, 1.807) is 9.36 Å². The third kappa shape index (κ3) is 5.61. The molecule has 0 saturated carbocycles. The molecule has 0 radical (unpaired) electrons. The zero-order valence-corrected chi connectivity index (χ0v) is 19.5. The minimum absolute atomic E-state index is 0.119. The van der Waals surface area contributed by atoms with Gasteiger partial charge in [0.05, 0.1) is 11.4 Å². The maximum atomic E-state index is 13.0. The number of nitrogens with zero attached hydrogens (tertiary/aromatic N) is 4. The number of anilines is 1. The molecule has 174 valence electrons. The van der Waals surface area contributed by atoms with Crippen molar-refractivity contribution in [2.75, 3.05) is 38.0 Å². The number of rotatable bonds is 7. The fourth-order valence-electron chi connectivity index (χ4n) is 4.42. The molecule has 1 aliphatic rings. The lowest BCUT2D eigenvalue weighted by molar-refractivity contribution is -0.116. The fraction of sp³-hybridized carbons (Fsp3) is 0.385. The molecule has 2 heterocycles. The monoisotopic (exact) mass is 447 g/mol. The largest absolute Gasteiger partial charge is 0.320 e. The van der Waals surface area contributed by atoms with Gasteiger partial charge in [0.2, 0.25) is 5.91 Å². The molecule has 0 unspecified atom stereocenters. The van der Waals surface area contributed by atoms with Gasteiger partial charge in [-0.15, -0.1) is 0 Å². The van der Waals surface area contributed by atoms with Gasteiger partial charge < -0.3 is 10.2 Å². The Morgan fingerprint density at radius 1 is 0.909 bits per heavy atom. The van der Waals surface area contributed by atoms with Gasteiger partial charge in [0.15, 0.2) is 0 Å². The van der Waals surface area contributed by atoms with Crippen LogP contribution < -0.4 is 10.9 Å². The molecular formula is C26H33N5O2. The van der Waals surface area contributed by atoms with Crippen molar-refractivity contribution in [1.29, 1.82) is 0 Å². The number of nitrogens with one attached hydrogen (secondary N) is 1. The highest BCUT2D eigenvalue weighted by molar-refractivity contribution is 5.91. The van der Waals surface area contributed by atoms with Crippen LogP contribution >= 0.6 is 0 Å². The number of hydrogen-bond acceptors (Lipinski definition) is 4. The first kappa shape index (κ1) is 23.0. The lowest BCUT2D eigenvalue weighted by Gasteiger charge is -2.21. The van der Waals surface area contributed by atoms with Crippen molar-refractivity contribution in [1.82, 2.24) is 19.2 Å². The lowest BCUT2D eigenvalue weighted by Crippen LogP contribution is -2.33. The Morgan fingerprint density at radius 2 is 1.55 bits per heavy atom. The van der Waals surface area contributed by atoms with E-state index in [0.717, 1.165) is 50.5 Å². The molecule has 1 amide bonds. The van der Waals surface area contributed by atoms with Gasteiger partial charge in [-0.1, -0.05) is 48.5 Å². The third-order valence-electron chi connectivity index (χ3n) is 6.40. The summed E-state index contributed by atoms with van der Waals surface area (Å²) in [5.74, 6) is -0.119. The average Bonchev–Trinajstić information content (AvgIpc) is 2.98. The summed E-state index contributed by atoms with van der Waals surface area (Å²) >= 11 is 0. The van der Waals surface area contributed by atoms with Crippen LogP contribution in [0.5, 0.6) is 0 Å². The number of aromatic nitrogens is 2. The Labute approximate surface area is 195 Å². The van der Waals surface area contributed by atoms with Gasteiger partial charge in [0.1, 0.15) is 5.69 Å². The number of benzene rings is 2. The molecule has 7 nitrogen and oxygen atoms in total. The van der Waals surface area contributed by atoms with Crippen LogP contribution in [0.3, 0.4) is 0 Å². The second-order valence-electron chi connectivity index (χ2n) is 8.69. The molecule has 1 N–H and O–H groups in total. The molecular weight excluding hydrogens is 414 g/mol. The molecule has 1 aliphatic heterocycles. The van der Waals surface area contributed by atoms with E-state index in [4.69, 9.17) is 0 Å². The number of para-hydroxylation sites is 1. The molecule has 1 saturated heterocycles. The van der Waals surface area contributed by atoms with Crippen molar-refractivity contribution in [2.45, 2.75) is 26.3 Å². The molecule has 0 atom stereocenters. The van der Waals surface area contributed by atoms with Gasteiger partial charge in [-0.2, -0.15) is 0 Å². The SMILES string of the molecule is Cc1c(NC(=O)CCN2CCCN(Cc3ccccc3)CC2)c(=O)n(-c2ccccc2)n1C. The van der Waals surface area contributed by atoms with Crippen molar-refractivity contribution in [3.8, 4) is 5.69 Å². The number of hydrogen-bond donors (Lipinski definition) is 1. The molecule has 0 spiro atoms. The van der Waals surface area contributed by atoms with Gasteiger partial charge in [0.25, 0.3) is 5.56 Å². The topological polar surface area (TPSA) is 62.5 Å². The Hall–Kier alpha value is -3.16. The molecule has 0 bridgehead atoms. The van der Waals surface area contributed by atoms with E-state index in [2.05, 4.69) is 39.4 Å². The molecule has 2 aromatic carbocycles. The van der Waals surface area contributed by atoms with Gasteiger partial charge in [-0.3, -0.25) is 19.2 Å². The van der Waals surface area contributed by atoms with Crippen LogP contribution in [-0.2, 0) is 18.4 Å². The van der Waals surface area contributed by atoms with Crippen molar-refractivity contribution in [2.24, 2.45) is 7.05 Å². The van der Waals surface area contributed by atoms with Crippen molar-refractivity contribution in [3.63, 3.8) is 0 Å². The second kappa shape index (κ2) is 10.6. The summed E-state index contributed by atoms with van der Waals surface area (Å²) in [6.07, 6.45) is 1.46. The van der Waals surface area contributed by atoms with E-state index >= 15 is 0 Å². The smallest absolute Gasteiger partial charge is 0.295 e. The maximum absolute atomic E-state index is 13.0. The predicted octanol–water partition coefficient (Wildman–Crippen LogP) is 3.02. The Bertz CT molecular complexity index is 1120. The normalized spacial score (nSPS) is 15.3. The first-order valence-electron chi connectivity index (χ1n) is 11.7. The number of carbonyl (C=O) groups excluding carboxylic acids is 1. The summed E-state index contributed by atoms with van der Waals surface area (Å²) in [5.41, 5.74) is 3.00. The van der Waals surface area contributed by atoms with Crippen LogP contribution in [0.2, 0.25) is 0 Å². The summed E-state index contributed by atoms with van der Waals surface area (Å²) in [6.45, 7) is 7.53. The molecule has 4 rings (SSSR count). The summed E-state index contributed by atoms with van der Waals surface area (Å²) in [7, 11) is 1.83. The fourth-order valence-corrected chi connectivity index (χ4v) is 4.42. The van der Waals surface area contributed by atoms with Crippen LogP contribution in [0, 0.1) is 6.92 Å². The molecule has 33 heavy (non-hydrogen) atoms. The number of carbonyl (C=O) groups is 1. The highest BCUT2D eigenvalue weighted by Crippen LogP contribution is 2.15. The molecule has 7 heteroatoms. The number of amides is 1. The van der Waals surface area contributed by atoms with E-state index in [1.165, 1.54) is 5.56 Å². The Kier molecular flexibility index (Phi) is 7.42. The van der Waals surface area contributed by atoms with Crippen LogP contribution in [0.25, 0.3) is 5.69 Å². The van der Waals surface area contributed by atoms with Crippen molar-refractivity contribution >= 4 is 11.6 Å². The summed E-state index contributed by atoms with van der Waals surface area (Å²) < 4.78 is 3.37. The van der Waals surface area contributed by atoms with Gasteiger partial charge in [0, 0.05) is 39.6 Å². The van der Waals surface area contributed by atoms with E-state index in [-0.39, 0.29) is 11.5 Å². The zero-order valence-electron chi connectivity index (χ0n) is 19.5. The molecule has 1 fully saturated rings. The quantitative estimate of drug-likeness (QED) is 0.605. The van der Waals surface area contributed by atoms with Crippen LogP contribution in [-0.4, -0.2) is 57.8 Å². The van der Waals surface area contributed by atoms with E-state index in [9.17, 15) is 9.59 Å². The predicted molar refractivity (Wildman–Crippen MR) is 132 cm³/mol. The Balaban J connectivity index is 1.31. The maximum Gasteiger partial charge on any atom is 0.295 e. The first-order chi connectivity index (χ1) is 16.0. The van der Waals surface area contributed by atoms with E-state index < -0.39 is 0 Å². The van der Waals surface area contributed by atoms with Gasteiger partial charge in [-0.05, 0) is 44.1 Å². The zero-order chi connectivity index (χ0) is 23.2. The van der Waals surface area contributed by atoms with Gasteiger partial charge >= 0.3 is 0 Å². The standard InChI is InChI=1S/C26H33N5O2/c1-21-25(26(33)31(28(21)2)23-12-7-4-8-13-23)27-24(32)14-17-29-15-9-16-30(19-18-29)20-22-10-5-3-6-11-22/h3-8,10-13H,9,14-20H2,1-2H3,(H,27,32). The van der Waals surface area contributed by atoms with Gasteiger partial charge in [-0.25, -0.2) is 4.68 Å². The van der Waals surface area contributed by atoms with Crippen LogP contribution in [0.15, 0.2) is 65.5 Å².